The largest absolute Gasteiger partial charge is 0.327 e. The van der Waals surface area contributed by atoms with E-state index in [4.69, 9.17) is 11.6 Å². The smallest absolute Gasteiger partial charge is 0.177 e. The first-order valence-corrected chi connectivity index (χ1v) is 8.02. The molecule has 0 bridgehead atoms. The molecule has 0 amide bonds. The molecule has 98 valence electrons. The molecule has 0 saturated carbocycles. The van der Waals surface area contributed by atoms with E-state index in [0.29, 0.717) is 17.9 Å². The predicted molar refractivity (Wildman–Crippen MR) is 72.8 cm³/mol. The fourth-order valence-corrected chi connectivity index (χ4v) is 3.07. The number of benzene rings is 1. The van der Waals surface area contributed by atoms with Crippen LogP contribution in [-0.2, 0) is 16.4 Å². The summed E-state index contributed by atoms with van der Waals surface area (Å²) in [7, 11) is -3.29. The molecule has 0 radical (unpaired) electrons. The van der Waals surface area contributed by atoms with Gasteiger partial charge in [0.25, 0.3) is 0 Å². The van der Waals surface area contributed by atoms with E-state index < -0.39 is 9.84 Å². The van der Waals surface area contributed by atoms with Crippen LogP contribution in [0.2, 0.25) is 0 Å². The van der Waals surface area contributed by atoms with Crippen molar-refractivity contribution in [2.24, 2.45) is 0 Å². The van der Waals surface area contributed by atoms with Gasteiger partial charge in [0.2, 0.25) is 0 Å². The minimum atomic E-state index is -3.29. The van der Waals surface area contributed by atoms with E-state index in [1.54, 1.807) is 12.1 Å². The number of hydrogen-bond acceptors (Lipinski definition) is 3. The summed E-state index contributed by atoms with van der Waals surface area (Å²) in [5.41, 5.74) is 1.31. The molecule has 4 nitrogen and oxygen atoms in total. The SMILES string of the molecule is CCn1c(C(C)Cl)nc2c(S(C)(=O)=O)cccc21. The second-order valence-electron chi connectivity index (χ2n) is 4.23. The average Bonchev–Trinajstić information content (AvgIpc) is 2.65. The Balaban J connectivity index is 2.88. The Morgan fingerprint density at radius 1 is 1.44 bits per heavy atom. The van der Waals surface area contributed by atoms with Crippen LogP contribution in [0.3, 0.4) is 0 Å². The van der Waals surface area contributed by atoms with Crippen molar-refractivity contribution in [1.29, 1.82) is 0 Å². The van der Waals surface area contributed by atoms with Gasteiger partial charge in [-0.1, -0.05) is 6.07 Å². The van der Waals surface area contributed by atoms with Gasteiger partial charge in [-0.2, -0.15) is 0 Å². The molecule has 0 saturated heterocycles. The van der Waals surface area contributed by atoms with Crippen LogP contribution in [0.1, 0.15) is 25.0 Å². The molecule has 0 N–H and O–H groups in total. The highest BCUT2D eigenvalue weighted by Gasteiger charge is 2.19. The number of sulfone groups is 1. The van der Waals surface area contributed by atoms with Gasteiger partial charge in [0.15, 0.2) is 9.84 Å². The van der Waals surface area contributed by atoms with Crippen LogP contribution >= 0.6 is 11.6 Å². The molecule has 18 heavy (non-hydrogen) atoms. The summed E-state index contributed by atoms with van der Waals surface area (Å²) < 4.78 is 25.4. The normalized spacial score (nSPS) is 14.0. The highest BCUT2D eigenvalue weighted by molar-refractivity contribution is 7.91. The molecule has 0 aliphatic carbocycles. The lowest BCUT2D eigenvalue weighted by molar-refractivity contribution is 0.602. The van der Waals surface area contributed by atoms with Gasteiger partial charge in [0.1, 0.15) is 11.3 Å². The second-order valence-corrected chi connectivity index (χ2v) is 6.87. The summed E-state index contributed by atoms with van der Waals surface area (Å²) in [5.74, 6) is 0.699. The number of para-hydroxylation sites is 1. The first-order valence-electron chi connectivity index (χ1n) is 5.69. The van der Waals surface area contributed by atoms with Crippen LogP contribution in [0.5, 0.6) is 0 Å². The molecule has 0 aliphatic rings. The summed E-state index contributed by atoms with van der Waals surface area (Å²) in [6.45, 7) is 4.52. The predicted octanol–water partition coefficient (Wildman–Crippen LogP) is 2.76. The first-order chi connectivity index (χ1) is 8.36. The van der Waals surface area contributed by atoms with Gasteiger partial charge in [0, 0.05) is 12.8 Å². The topological polar surface area (TPSA) is 52.0 Å². The molecule has 1 unspecified atom stereocenters. The molecule has 1 heterocycles. The summed E-state index contributed by atoms with van der Waals surface area (Å²) in [6.07, 6.45) is 1.19. The fraction of sp³-hybridized carbons (Fsp3) is 0.417. The van der Waals surface area contributed by atoms with E-state index in [9.17, 15) is 8.42 Å². The lowest BCUT2D eigenvalue weighted by atomic mass is 10.3. The van der Waals surface area contributed by atoms with Crippen LogP contribution in [0.15, 0.2) is 23.1 Å². The van der Waals surface area contributed by atoms with E-state index >= 15 is 0 Å². The van der Waals surface area contributed by atoms with Gasteiger partial charge >= 0.3 is 0 Å². The molecule has 1 aromatic carbocycles. The van der Waals surface area contributed by atoms with Crippen LogP contribution in [0, 0.1) is 0 Å². The Kier molecular flexibility index (Phi) is 3.38. The Bertz CT molecular complexity index is 689. The van der Waals surface area contributed by atoms with E-state index in [1.807, 2.05) is 24.5 Å². The number of fused-ring (bicyclic) bond motifs is 1. The van der Waals surface area contributed by atoms with Crippen LogP contribution in [-0.4, -0.2) is 24.2 Å². The average molecular weight is 287 g/mol. The van der Waals surface area contributed by atoms with E-state index in [-0.39, 0.29) is 10.3 Å². The van der Waals surface area contributed by atoms with Crippen molar-refractivity contribution >= 4 is 32.5 Å². The second kappa shape index (κ2) is 4.55. The minimum Gasteiger partial charge on any atom is -0.327 e. The van der Waals surface area contributed by atoms with Crippen molar-refractivity contribution in [1.82, 2.24) is 9.55 Å². The lowest BCUT2D eigenvalue weighted by Crippen LogP contribution is -2.01. The Labute approximate surface area is 112 Å². The number of nitrogens with zero attached hydrogens (tertiary/aromatic N) is 2. The maximum Gasteiger partial charge on any atom is 0.177 e. The molecule has 2 aromatic rings. The standard InChI is InChI=1S/C12H15ClN2O2S/c1-4-15-9-6-5-7-10(18(3,16)17)11(9)14-12(15)8(2)13/h5-8H,4H2,1-3H3. The highest BCUT2D eigenvalue weighted by atomic mass is 35.5. The highest BCUT2D eigenvalue weighted by Crippen LogP contribution is 2.28. The number of rotatable bonds is 3. The van der Waals surface area contributed by atoms with Crippen molar-refractivity contribution in [3.63, 3.8) is 0 Å². The molecular formula is C12H15ClN2O2S. The molecule has 1 atom stereocenters. The van der Waals surface area contributed by atoms with Crippen molar-refractivity contribution < 1.29 is 8.42 Å². The van der Waals surface area contributed by atoms with Gasteiger partial charge in [-0.05, 0) is 26.0 Å². The van der Waals surface area contributed by atoms with Crippen LogP contribution < -0.4 is 0 Å². The van der Waals surface area contributed by atoms with E-state index in [0.717, 1.165) is 5.52 Å². The molecule has 6 heteroatoms. The minimum absolute atomic E-state index is 0.255. The summed E-state index contributed by atoms with van der Waals surface area (Å²) in [6, 6.07) is 5.17. The summed E-state index contributed by atoms with van der Waals surface area (Å²) in [5, 5.41) is -0.259. The Morgan fingerprint density at radius 3 is 2.61 bits per heavy atom. The Morgan fingerprint density at radius 2 is 2.11 bits per heavy atom. The molecule has 0 spiro atoms. The monoisotopic (exact) mass is 286 g/mol. The zero-order valence-electron chi connectivity index (χ0n) is 10.5. The van der Waals surface area contributed by atoms with Gasteiger partial charge in [-0.25, -0.2) is 13.4 Å². The number of imidazole rings is 1. The maximum atomic E-state index is 11.7. The van der Waals surface area contributed by atoms with Crippen molar-refractivity contribution in [3.8, 4) is 0 Å². The third-order valence-corrected chi connectivity index (χ3v) is 4.17. The number of alkyl halides is 1. The zero-order valence-corrected chi connectivity index (χ0v) is 12.1. The number of aryl methyl sites for hydroxylation is 1. The van der Waals surface area contributed by atoms with Crippen LogP contribution in [0.4, 0.5) is 0 Å². The molecule has 0 fully saturated rings. The van der Waals surface area contributed by atoms with E-state index in [2.05, 4.69) is 4.98 Å². The van der Waals surface area contributed by atoms with Gasteiger partial charge in [0.05, 0.1) is 15.8 Å². The van der Waals surface area contributed by atoms with Crippen molar-refractivity contribution in [3.05, 3.63) is 24.0 Å². The Hall–Kier alpha value is -1.07. The van der Waals surface area contributed by atoms with Gasteiger partial charge in [-0.3, -0.25) is 0 Å². The van der Waals surface area contributed by atoms with E-state index in [1.165, 1.54) is 6.26 Å². The number of hydrogen-bond donors (Lipinski definition) is 0. The molecule has 0 aliphatic heterocycles. The molecule has 2 rings (SSSR count). The summed E-state index contributed by atoms with van der Waals surface area (Å²) >= 11 is 6.09. The van der Waals surface area contributed by atoms with Gasteiger partial charge < -0.3 is 4.57 Å². The van der Waals surface area contributed by atoms with Crippen LogP contribution in [0.25, 0.3) is 11.0 Å². The number of aromatic nitrogens is 2. The number of halogens is 1. The van der Waals surface area contributed by atoms with Crippen molar-refractivity contribution in [2.45, 2.75) is 30.7 Å². The molecular weight excluding hydrogens is 272 g/mol. The lowest BCUT2D eigenvalue weighted by Gasteiger charge is -2.06. The summed E-state index contributed by atoms with van der Waals surface area (Å²) in [4.78, 5) is 4.66. The molecule has 1 aromatic heterocycles. The third-order valence-electron chi connectivity index (χ3n) is 2.84. The first kappa shape index (κ1) is 13.4. The quantitative estimate of drug-likeness (QED) is 0.815. The third kappa shape index (κ3) is 2.12. The van der Waals surface area contributed by atoms with Crippen molar-refractivity contribution in [2.75, 3.05) is 6.26 Å². The fourth-order valence-electron chi connectivity index (χ4n) is 2.07. The van der Waals surface area contributed by atoms with Gasteiger partial charge in [-0.15, -0.1) is 11.6 Å². The zero-order chi connectivity index (χ0) is 13.5. The maximum absolute atomic E-state index is 11.7.